The molecule has 0 aromatic heterocycles. The summed E-state index contributed by atoms with van der Waals surface area (Å²) in [6.07, 6.45) is 3.92. The minimum atomic E-state index is -0.679. The summed E-state index contributed by atoms with van der Waals surface area (Å²) in [6.45, 7) is 3.95. The van der Waals surface area contributed by atoms with Gasteiger partial charge in [-0.2, -0.15) is 0 Å². The summed E-state index contributed by atoms with van der Waals surface area (Å²) >= 11 is 6.07. The summed E-state index contributed by atoms with van der Waals surface area (Å²) in [7, 11) is 3.92. The normalized spacial score (nSPS) is 17.6. The number of hydrogen-bond donors (Lipinski definition) is 1. The van der Waals surface area contributed by atoms with Crippen LogP contribution in [0.1, 0.15) is 49.8 Å². The Morgan fingerprint density at radius 3 is 2.32 bits per heavy atom. The summed E-state index contributed by atoms with van der Waals surface area (Å²) in [5.74, 6) is -0.768. The first-order valence-electron chi connectivity index (χ1n) is 11.7. The molecule has 1 amide bonds. The maximum Gasteiger partial charge on any atom is 0.295 e. The molecule has 7 heteroatoms. The molecule has 3 rings (SSSR count). The molecule has 1 heterocycles. The average molecular weight is 485 g/mol. The standard InChI is InChI=1S/C27H33ClN2O4/c1-4-5-6-18-34-22-14-10-20(11-15-22)25(31)23-24(19-8-12-21(28)13-9-19)30(27(33)26(23)32)17-7-16-29(2)3/h8-15,24,31H,4-7,16-18H2,1-3H3/b25-23-. The average Bonchev–Trinajstić information content (AvgIpc) is 3.07. The van der Waals surface area contributed by atoms with Crippen LogP contribution < -0.4 is 4.74 Å². The zero-order chi connectivity index (χ0) is 24.7. The van der Waals surface area contributed by atoms with Gasteiger partial charge >= 0.3 is 0 Å². The number of unbranched alkanes of at least 4 members (excludes halogenated alkanes) is 2. The van der Waals surface area contributed by atoms with Crippen LogP contribution in [0.3, 0.4) is 0 Å². The Morgan fingerprint density at radius 2 is 1.71 bits per heavy atom. The second-order valence-corrected chi connectivity index (χ2v) is 9.22. The number of carbonyl (C=O) groups is 2. The SMILES string of the molecule is CCCCCOc1ccc(/C(O)=C2/C(=O)C(=O)N(CCCN(C)C)C2c2ccc(Cl)cc2)cc1. The van der Waals surface area contributed by atoms with Gasteiger partial charge in [-0.3, -0.25) is 9.59 Å². The molecule has 34 heavy (non-hydrogen) atoms. The molecule has 1 aliphatic heterocycles. The monoisotopic (exact) mass is 484 g/mol. The van der Waals surface area contributed by atoms with Crippen LogP contribution in [0.2, 0.25) is 5.02 Å². The van der Waals surface area contributed by atoms with E-state index in [-0.39, 0.29) is 11.3 Å². The number of ketones is 1. The Balaban J connectivity index is 1.93. The number of aliphatic hydroxyl groups excluding tert-OH is 1. The quantitative estimate of drug-likeness (QED) is 0.203. The van der Waals surface area contributed by atoms with Gasteiger partial charge in [0, 0.05) is 17.1 Å². The Morgan fingerprint density at radius 1 is 1.03 bits per heavy atom. The van der Waals surface area contributed by atoms with Crippen LogP contribution in [0, 0.1) is 0 Å². The molecule has 1 unspecified atom stereocenters. The van der Waals surface area contributed by atoms with Crippen LogP contribution in [0.4, 0.5) is 0 Å². The fourth-order valence-corrected chi connectivity index (χ4v) is 4.19. The van der Waals surface area contributed by atoms with Gasteiger partial charge in [0.05, 0.1) is 18.2 Å². The lowest BCUT2D eigenvalue weighted by atomic mass is 9.95. The molecule has 2 aromatic rings. The van der Waals surface area contributed by atoms with Gasteiger partial charge in [0.1, 0.15) is 11.5 Å². The van der Waals surface area contributed by atoms with Crippen LogP contribution in [-0.2, 0) is 9.59 Å². The summed E-state index contributed by atoms with van der Waals surface area (Å²) in [4.78, 5) is 29.6. The highest BCUT2D eigenvalue weighted by Crippen LogP contribution is 2.39. The number of rotatable bonds is 11. The second kappa shape index (κ2) is 12.0. The molecule has 1 N–H and O–H groups in total. The smallest absolute Gasteiger partial charge is 0.295 e. The highest BCUT2D eigenvalue weighted by molar-refractivity contribution is 6.46. The molecular formula is C27H33ClN2O4. The zero-order valence-electron chi connectivity index (χ0n) is 20.1. The third-order valence-corrected chi connectivity index (χ3v) is 6.13. The van der Waals surface area contributed by atoms with E-state index in [1.165, 1.54) is 0 Å². The number of ether oxygens (including phenoxy) is 1. The molecule has 2 aromatic carbocycles. The maximum atomic E-state index is 13.1. The van der Waals surface area contributed by atoms with Crippen molar-refractivity contribution in [2.75, 3.05) is 33.8 Å². The van der Waals surface area contributed by atoms with Crippen molar-refractivity contribution in [1.29, 1.82) is 0 Å². The minimum absolute atomic E-state index is 0.0915. The lowest BCUT2D eigenvalue weighted by Gasteiger charge is -2.26. The van der Waals surface area contributed by atoms with E-state index in [1.54, 1.807) is 53.4 Å². The first-order valence-corrected chi connectivity index (χ1v) is 12.1. The first-order chi connectivity index (χ1) is 16.3. The number of benzene rings is 2. The van der Waals surface area contributed by atoms with Crippen molar-refractivity contribution in [1.82, 2.24) is 9.80 Å². The van der Waals surface area contributed by atoms with Crippen LogP contribution in [-0.4, -0.2) is 60.4 Å². The van der Waals surface area contributed by atoms with E-state index in [0.29, 0.717) is 35.9 Å². The largest absolute Gasteiger partial charge is 0.507 e. The van der Waals surface area contributed by atoms with E-state index in [1.807, 2.05) is 19.0 Å². The van der Waals surface area contributed by atoms with Crippen molar-refractivity contribution in [2.24, 2.45) is 0 Å². The van der Waals surface area contributed by atoms with E-state index in [4.69, 9.17) is 16.3 Å². The summed E-state index contributed by atoms with van der Waals surface area (Å²) in [5, 5.41) is 11.7. The topological polar surface area (TPSA) is 70.1 Å². The third-order valence-electron chi connectivity index (χ3n) is 5.87. The van der Waals surface area contributed by atoms with E-state index < -0.39 is 17.7 Å². The Kier molecular flexibility index (Phi) is 9.13. The highest BCUT2D eigenvalue weighted by Gasteiger charge is 2.45. The van der Waals surface area contributed by atoms with E-state index >= 15 is 0 Å². The van der Waals surface area contributed by atoms with Crippen molar-refractivity contribution in [3.05, 3.63) is 70.3 Å². The molecule has 1 atom stereocenters. The Labute approximate surface area is 206 Å². The fraction of sp³-hybridized carbons (Fsp3) is 0.407. The molecule has 0 radical (unpaired) electrons. The van der Waals surface area contributed by atoms with Crippen molar-refractivity contribution in [3.63, 3.8) is 0 Å². The molecule has 6 nitrogen and oxygen atoms in total. The summed E-state index contributed by atoms with van der Waals surface area (Å²) in [5.41, 5.74) is 1.28. The first kappa shape index (κ1) is 25.8. The molecule has 0 bridgehead atoms. The number of aliphatic hydroxyl groups is 1. The van der Waals surface area contributed by atoms with Crippen LogP contribution in [0.15, 0.2) is 54.1 Å². The number of halogens is 1. The highest BCUT2D eigenvalue weighted by atomic mass is 35.5. The van der Waals surface area contributed by atoms with Gasteiger partial charge in [0.25, 0.3) is 11.7 Å². The minimum Gasteiger partial charge on any atom is -0.507 e. The summed E-state index contributed by atoms with van der Waals surface area (Å²) in [6, 6.07) is 13.3. The molecule has 0 saturated carbocycles. The van der Waals surface area contributed by atoms with Gasteiger partial charge < -0.3 is 19.6 Å². The number of amides is 1. The number of hydrogen-bond acceptors (Lipinski definition) is 5. The van der Waals surface area contributed by atoms with Crippen LogP contribution in [0.5, 0.6) is 5.75 Å². The number of Topliss-reactive ketones (excluding diaryl/α,β-unsaturated/α-hetero) is 1. The van der Waals surface area contributed by atoms with Gasteiger partial charge in [-0.1, -0.05) is 43.5 Å². The summed E-state index contributed by atoms with van der Waals surface area (Å²) < 4.78 is 5.75. The van der Waals surface area contributed by atoms with Gasteiger partial charge in [0.15, 0.2) is 0 Å². The van der Waals surface area contributed by atoms with E-state index in [0.717, 1.165) is 31.4 Å². The van der Waals surface area contributed by atoms with Gasteiger partial charge in [-0.25, -0.2) is 0 Å². The van der Waals surface area contributed by atoms with Crippen LogP contribution in [0.25, 0.3) is 5.76 Å². The van der Waals surface area contributed by atoms with E-state index in [2.05, 4.69) is 6.92 Å². The van der Waals surface area contributed by atoms with Gasteiger partial charge in [-0.05, 0) is 75.4 Å². The fourth-order valence-electron chi connectivity index (χ4n) is 4.07. The maximum absolute atomic E-state index is 13.1. The third kappa shape index (κ3) is 6.19. The molecule has 0 spiro atoms. The van der Waals surface area contributed by atoms with Crippen molar-refractivity contribution in [2.45, 2.75) is 38.6 Å². The molecule has 0 aliphatic carbocycles. The van der Waals surface area contributed by atoms with Gasteiger partial charge in [-0.15, -0.1) is 0 Å². The van der Waals surface area contributed by atoms with Crippen molar-refractivity contribution in [3.8, 4) is 5.75 Å². The molecule has 1 saturated heterocycles. The Hall–Kier alpha value is -2.83. The zero-order valence-corrected chi connectivity index (χ0v) is 20.8. The lowest BCUT2D eigenvalue weighted by molar-refractivity contribution is -0.139. The molecular weight excluding hydrogens is 452 g/mol. The number of carbonyl (C=O) groups excluding carboxylic acids is 2. The number of nitrogens with zero attached hydrogens (tertiary/aromatic N) is 2. The Bertz CT molecular complexity index is 1020. The van der Waals surface area contributed by atoms with Gasteiger partial charge in [0.2, 0.25) is 0 Å². The molecule has 182 valence electrons. The van der Waals surface area contributed by atoms with Crippen molar-refractivity contribution < 1.29 is 19.4 Å². The predicted octanol–water partition coefficient (Wildman–Crippen LogP) is 5.28. The van der Waals surface area contributed by atoms with Crippen molar-refractivity contribution >= 4 is 29.1 Å². The van der Waals surface area contributed by atoms with E-state index in [9.17, 15) is 14.7 Å². The molecule has 1 fully saturated rings. The lowest BCUT2D eigenvalue weighted by Crippen LogP contribution is -2.32. The number of likely N-dealkylation sites (tertiary alicyclic amines) is 1. The predicted molar refractivity (Wildman–Crippen MR) is 135 cm³/mol. The molecule has 1 aliphatic rings. The second-order valence-electron chi connectivity index (χ2n) is 8.78. The van der Waals surface area contributed by atoms with Crippen LogP contribution >= 0.6 is 11.6 Å².